The molecule has 0 amide bonds. The van der Waals surface area contributed by atoms with Crippen LogP contribution in [0.2, 0.25) is 0 Å². The van der Waals surface area contributed by atoms with Crippen molar-refractivity contribution in [2.45, 2.75) is 83.6 Å². The van der Waals surface area contributed by atoms with Crippen LogP contribution >= 0.6 is 0 Å². The van der Waals surface area contributed by atoms with Gasteiger partial charge in [0.2, 0.25) is 0 Å². The van der Waals surface area contributed by atoms with E-state index in [1.807, 2.05) is 19.9 Å². The van der Waals surface area contributed by atoms with Crippen LogP contribution in [0.1, 0.15) is 81.8 Å². The number of nitrogens with one attached hydrogen (secondary N) is 1. The molecule has 4 heteroatoms. The van der Waals surface area contributed by atoms with Gasteiger partial charge in [-0.3, -0.25) is 4.79 Å². The van der Waals surface area contributed by atoms with Crippen molar-refractivity contribution in [3.8, 4) is 0 Å². The van der Waals surface area contributed by atoms with Crippen molar-refractivity contribution in [1.82, 2.24) is 5.32 Å². The average Bonchev–Trinajstić information content (AvgIpc) is 2.68. The van der Waals surface area contributed by atoms with Crippen LogP contribution in [0.25, 0.3) is 0 Å². The highest BCUT2D eigenvalue weighted by atomic mass is 19.1. The number of benzene rings is 1. The summed E-state index contributed by atoms with van der Waals surface area (Å²) in [6, 6.07) is 5.48. The monoisotopic (exact) mass is 389 g/mol. The maximum Gasteiger partial charge on any atom is 0.306 e. The topological polar surface area (TPSA) is 38.3 Å². The van der Waals surface area contributed by atoms with E-state index in [1.54, 1.807) is 12.1 Å². The lowest BCUT2D eigenvalue weighted by Gasteiger charge is -2.40. The zero-order chi connectivity index (χ0) is 19.9. The third kappa shape index (κ3) is 5.56. The lowest BCUT2D eigenvalue weighted by molar-refractivity contribution is -0.144. The van der Waals surface area contributed by atoms with Gasteiger partial charge in [0.05, 0.1) is 6.61 Å². The molecule has 28 heavy (non-hydrogen) atoms. The fourth-order valence-corrected chi connectivity index (χ4v) is 5.37. The molecule has 1 N–H and O–H groups in total. The van der Waals surface area contributed by atoms with Gasteiger partial charge >= 0.3 is 5.97 Å². The number of hydrogen-bond acceptors (Lipinski definition) is 3. The van der Waals surface area contributed by atoms with E-state index in [4.69, 9.17) is 4.74 Å². The second-order valence-corrected chi connectivity index (χ2v) is 8.75. The summed E-state index contributed by atoms with van der Waals surface area (Å²) >= 11 is 0. The van der Waals surface area contributed by atoms with Crippen LogP contribution in [0.3, 0.4) is 0 Å². The molecule has 2 fully saturated rings. The highest BCUT2D eigenvalue weighted by molar-refractivity contribution is 5.69. The first kappa shape index (κ1) is 21.3. The fourth-order valence-electron chi connectivity index (χ4n) is 5.37. The molecule has 1 aromatic rings. The summed E-state index contributed by atoms with van der Waals surface area (Å²) in [5, 5.41) is 3.87. The van der Waals surface area contributed by atoms with Crippen molar-refractivity contribution in [2.75, 3.05) is 13.2 Å². The predicted molar refractivity (Wildman–Crippen MR) is 111 cm³/mol. The van der Waals surface area contributed by atoms with Crippen molar-refractivity contribution in [3.05, 3.63) is 35.1 Å². The van der Waals surface area contributed by atoms with Gasteiger partial charge in [-0.2, -0.15) is 0 Å². The lowest BCUT2D eigenvalue weighted by Crippen LogP contribution is -2.44. The summed E-state index contributed by atoms with van der Waals surface area (Å²) in [4.78, 5) is 12.2. The smallest absolute Gasteiger partial charge is 0.306 e. The van der Waals surface area contributed by atoms with Gasteiger partial charge in [-0.15, -0.1) is 0 Å². The molecule has 2 aliphatic rings. The molecule has 0 bridgehead atoms. The first-order valence-electron chi connectivity index (χ1n) is 11.2. The molecule has 0 aliphatic heterocycles. The Labute approximate surface area is 169 Å². The number of rotatable bonds is 7. The van der Waals surface area contributed by atoms with Gasteiger partial charge in [-0.1, -0.05) is 31.7 Å². The van der Waals surface area contributed by atoms with Gasteiger partial charge < -0.3 is 10.1 Å². The molecule has 1 aromatic carbocycles. The number of carbonyl (C=O) groups excluding carboxylic acids is 1. The van der Waals surface area contributed by atoms with E-state index in [9.17, 15) is 9.18 Å². The van der Waals surface area contributed by atoms with E-state index in [1.165, 1.54) is 37.7 Å². The minimum Gasteiger partial charge on any atom is -0.466 e. The summed E-state index contributed by atoms with van der Waals surface area (Å²) in [6.07, 6.45) is 10.5. The Morgan fingerprint density at radius 3 is 2.64 bits per heavy atom. The summed E-state index contributed by atoms with van der Waals surface area (Å²) in [6.45, 7) is 5.34. The molecule has 0 saturated heterocycles. The van der Waals surface area contributed by atoms with Crippen molar-refractivity contribution in [3.63, 3.8) is 0 Å². The second kappa shape index (κ2) is 10.4. The number of esters is 1. The summed E-state index contributed by atoms with van der Waals surface area (Å²) in [7, 11) is 0. The standard InChI is InChI=1S/C24H36FNO2/c1-3-28-23(27)15-19-10-7-11-22(26-16-18-8-5-4-6-9-18)24(19)21-13-12-20(25)14-17(21)2/h12-14,18-19,22,24,26H,3-11,15-16H2,1-2H3. The van der Waals surface area contributed by atoms with Gasteiger partial charge in [0.15, 0.2) is 0 Å². The zero-order valence-electron chi connectivity index (χ0n) is 17.5. The molecule has 3 unspecified atom stereocenters. The number of ether oxygens (including phenoxy) is 1. The van der Waals surface area contributed by atoms with Crippen LogP contribution in [-0.2, 0) is 9.53 Å². The quantitative estimate of drug-likeness (QED) is 0.625. The molecule has 3 rings (SSSR count). The minimum absolute atomic E-state index is 0.106. The summed E-state index contributed by atoms with van der Waals surface area (Å²) in [5.74, 6) is 0.966. The Morgan fingerprint density at radius 2 is 1.93 bits per heavy atom. The van der Waals surface area contributed by atoms with Crippen LogP contribution in [0.4, 0.5) is 4.39 Å². The number of halogens is 1. The van der Waals surface area contributed by atoms with Crippen molar-refractivity contribution in [1.29, 1.82) is 0 Å². The van der Waals surface area contributed by atoms with Crippen molar-refractivity contribution >= 4 is 5.97 Å². The van der Waals surface area contributed by atoms with E-state index >= 15 is 0 Å². The average molecular weight is 390 g/mol. The fraction of sp³-hybridized carbons (Fsp3) is 0.708. The summed E-state index contributed by atoms with van der Waals surface area (Å²) < 4.78 is 19.0. The number of hydrogen-bond donors (Lipinski definition) is 1. The highest BCUT2D eigenvalue weighted by Gasteiger charge is 2.36. The van der Waals surface area contributed by atoms with E-state index in [0.29, 0.717) is 19.1 Å². The van der Waals surface area contributed by atoms with Crippen LogP contribution in [0, 0.1) is 24.6 Å². The van der Waals surface area contributed by atoms with Gasteiger partial charge in [0, 0.05) is 18.4 Å². The largest absolute Gasteiger partial charge is 0.466 e. The lowest BCUT2D eigenvalue weighted by atomic mass is 9.70. The van der Waals surface area contributed by atoms with Gasteiger partial charge in [-0.25, -0.2) is 4.39 Å². The predicted octanol–water partition coefficient (Wildman–Crippen LogP) is 5.51. The first-order chi connectivity index (χ1) is 13.6. The highest BCUT2D eigenvalue weighted by Crippen LogP contribution is 2.41. The van der Waals surface area contributed by atoms with Crippen LogP contribution < -0.4 is 5.32 Å². The summed E-state index contributed by atoms with van der Waals surface area (Å²) in [5.41, 5.74) is 2.18. The van der Waals surface area contributed by atoms with Crippen LogP contribution in [-0.4, -0.2) is 25.2 Å². The Balaban J connectivity index is 1.77. The molecule has 156 valence electrons. The molecule has 2 saturated carbocycles. The molecular weight excluding hydrogens is 353 g/mol. The maximum atomic E-state index is 13.7. The van der Waals surface area contributed by atoms with Gasteiger partial charge in [0.1, 0.15) is 5.82 Å². The first-order valence-corrected chi connectivity index (χ1v) is 11.2. The van der Waals surface area contributed by atoms with E-state index in [2.05, 4.69) is 5.32 Å². The molecule has 3 nitrogen and oxygen atoms in total. The zero-order valence-corrected chi connectivity index (χ0v) is 17.5. The molecule has 0 heterocycles. The normalized spacial score (nSPS) is 26.2. The SMILES string of the molecule is CCOC(=O)CC1CCCC(NCC2CCCCC2)C1c1ccc(F)cc1C. The van der Waals surface area contributed by atoms with Gasteiger partial charge in [0.25, 0.3) is 0 Å². The Kier molecular flexibility index (Phi) is 7.90. The molecule has 3 atom stereocenters. The number of carbonyl (C=O) groups is 1. The third-order valence-corrected chi connectivity index (χ3v) is 6.75. The Hall–Kier alpha value is -1.42. The molecule has 0 aromatic heterocycles. The van der Waals surface area contributed by atoms with E-state index in [0.717, 1.165) is 37.3 Å². The molecular formula is C24H36FNO2. The Morgan fingerprint density at radius 1 is 1.14 bits per heavy atom. The van der Waals surface area contributed by atoms with Crippen molar-refractivity contribution in [2.24, 2.45) is 11.8 Å². The Bertz CT molecular complexity index is 641. The number of aryl methyl sites for hydroxylation is 1. The van der Waals surface area contributed by atoms with Crippen LogP contribution in [0.15, 0.2) is 18.2 Å². The van der Waals surface area contributed by atoms with Crippen molar-refractivity contribution < 1.29 is 13.9 Å². The van der Waals surface area contributed by atoms with E-state index in [-0.39, 0.29) is 23.6 Å². The maximum absolute atomic E-state index is 13.7. The molecule has 0 spiro atoms. The van der Waals surface area contributed by atoms with E-state index < -0.39 is 0 Å². The molecule has 0 radical (unpaired) electrons. The third-order valence-electron chi connectivity index (χ3n) is 6.75. The van der Waals surface area contributed by atoms with Crippen LogP contribution in [0.5, 0.6) is 0 Å². The second-order valence-electron chi connectivity index (χ2n) is 8.75. The molecule has 2 aliphatic carbocycles. The minimum atomic E-state index is -0.189. The van der Waals surface area contributed by atoms with Gasteiger partial charge in [-0.05, 0) is 81.2 Å².